The molecule has 1 atom stereocenters. The fourth-order valence-electron chi connectivity index (χ4n) is 4.56. The lowest BCUT2D eigenvalue weighted by molar-refractivity contribution is -0.137. The van der Waals surface area contributed by atoms with Crippen molar-refractivity contribution in [3.8, 4) is 0 Å². The van der Waals surface area contributed by atoms with E-state index < -0.39 is 0 Å². The van der Waals surface area contributed by atoms with E-state index in [0.29, 0.717) is 37.0 Å². The van der Waals surface area contributed by atoms with Crippen LogP contribution < -0.4 is 15.5 Å². The molecule has 1 unspecified atom stereocenters. The maximum absolute atomic E-state index is 14.6. The summed E-state index contributed by atoms with van der Waals surface area (Å²) in [6.45, 7) is 5.07. The molecule has 2 amide bonds. The second-order valence-corrected chi connectivity index (χ2v) is 7.90. The van der Waals surface area contributed by atoms with Crippen LogP contribution >= 0.6 is 0 Å². The van der Waals surface area contributed by atoms with Crippen molar-refractivity contribution in [3.63, 3.8) is 0 Å². The number of carbonyl (C=O) groups excluding carboxylic acids is 2. The molecule has 5 rings (SSSR count). The normalized spacial score (nSPS) is 27.7. The highest BCUT2D eigenvalue weighted by atomic mass is 19.1. The highest BCUT2D eigenvalue weighted by molar-refractivity contribution is 6.00. The van der Waals surface area contributed by atoms with Crippen LogP contribution in [0.4, 0.5) is 10.1 Å². The summed E-state index contributed by atoms with van der Waals surface area (Å²) < 4.78 is 14.6. The number of anilines is 1. The van der Waals surface area contributed by atoms with Crippen molar-refractivity contribution in [2.45, 2.75) is 32.0 Å². The lowest BCUT2D eigenvalue weighted by Gasteiger charge is -2.57. The average Bonchev–Trinajstić information content (AvgIpc) is 2.86. The quantitative estimate of drug-likeness (QED) is 0.759. The highest BCUT2D eigenvalue weighted by Crippen LogP contribution is 2.40. The monoisotopic (exact) mass is 344 g/mol. The van der Waals surface area contributed by atoms with Crippen LogP contribution in [0.25, 0.3) is 0 Å². The van der Waals surface area contributed by atoms with Gasteiger partial charge < -0.3 is 10.2 Å². The molecule has 0 aromatic heterocycles. The van der Waals surface area contributed by atoms with Crippen molar-refractivity contribution in [1.82, 2.24) is 15.5 Å². The SMILES string of the molecule is O=C1CCC(N2Cc3cc(F)c(N4CC5(CNC5)C4)cc3C2)C(=O)N1. The first kappa shape index (κ1) is 15.3. The van der Waals surface area contributed by atoms with Gasteiger partial charge in [0.1, 0.15) is 5.82 Å². The summed E-state index contributed by atoms with van der Waals surface area (Å²) in [5.41, 5.74) is 3.08. The Kier molecular flexibility index (Phi) is 3.21. The van der Waals surface area contributed by atoms with Gasteiger partial charge in [0.05, 0.1) is 11.7 Å². The largest absolute Gasteiger partial charge is 0.368 e. The van der Waals surface area contributed by atoms with Crippen LogP contribution in [0.1, 0.15) is 24.0 Å². The van der Waals surface area contributed by atoms with Gasteiger partial charge >= 0.3 is 0 Å². The number of fused-ring (bicyclic) bond motifs is 1. The van der Waals surface area contributed by atoms with Crippen molar-refractivity contribution in [1.29, 1.82) is 0 Å². The van der Waals surface area contributed by atoms with Gasteiger partial charge in [0.25, 0.3) is 0 Å². The van der Waals surface area contributed by atoms with E-state index in [1.54, 1.807) is 6.07 Å². The van der Waals surface area contributed by atoms with Crippen molar-refractivity contribution in [2.24, 2.45) is 5.41 Å². The zero-order valence-electron chi connectivity index (χ0n) is 14.0. The number of nitrogens with one attached hydrogen (secondary N) is 2. The molecule has 1 spiro atoms. The fraction of sp³-hybridized carbons (Fsp3) is 0.556. The minimum Gasteiger partial charge on any atom is -0.368 e. The predicted octanol–water partition coefficient (Wildman–Crippen LogP) is 0.356. The van der Waals surface area contributed by atoms with Gasteiger partial charge in [-0.3, -0.25) is 19.8 Å². The van der Waals surface area contributed by atoms with Crippen LogP contribution in [0.3, 0.4) is 0 Å². The number of rotatable bonds is 2. The number of nitrogens with zero attached hydrogens (tertiary/aromatic N) is 2. The van der Waals surface area contributed by atoms with E-state index in [1.165, 1.54) is 0 Å². The average molecular weight is 344 g/mol. The molecule has 25 heavy (non-hydrogen) atoms. The van der Waals surface area contributed by atoms with Crippen LogP contribution in [0.15, 0.2) is 12.1 Å². The van der Waals surface area contributed by atoms with Gasteiger partial charge in [-0.1, -0.05) is 0 Å². The maximum atomic E-state index is 14.6. The van der Waals surface area contributed by atoms with Crippen molar-refractivity contribution in [3.05, 3.63) is 29.1 Å². The standard InChI is InChI=1S/C18H21FN4O2/c19-13-3-11-5-22(14-1-2-16(24)21-17(14)25)6-12(11)4-15(13)23-9-18(10-23)7-20-8-18/h3-4,14,20H,1-2,5-10H2,(H,21,24,25). The van der Waals surface area contributed by atoms with Gasteiger partial charge in [0, 0.05) is 51.1 Å². The molecule has 1 aromatic carbocycles. The van der Waals surface area contributed by atoms with Crippen molar-refractivity contribution in [2.75, 3.05) is 31.1 Å². The van der Waals surface area contributed by atoms with E-state index in [2.05, 4.69) is 15.5 Å². The summed E-state index contributed by atoms with van der Waals surface area (Å²) in [5, 5.41) is 5.70. The molecule has 0 radical (unpaired) electrons. The summed E-state index contributed by atoms with van der Waals surface area (Å²) in [7, 11) is 0. The van der Waals surface area contributed by atoms with E-state index in [1.807, 2.05) is 11.0 Å². The summed E-state index contributed by atoms with van der Waals surface area (Å²) in [6, 6.07) is 3.28. The summed E-state index contributed by atoms with van der Waals surface area (Å²) in [4.78, 5) is 27.6. The van der Waals surface area contributed by atoms with Crippen molar-refractivity contribution >= 4 is 17.5 Å². The first-order chi connectivity index (χ1) is 12.0. The number of amides is 2. The van der Waals surface area contributed by atoms with Crippen LogP contribution in [0.2, 0.25) is 0 Å². The Morgan fingerprint density at radius 1 is 1.12 bits per heavy atom. The maximum Gasteiger partial charge on any atom is 0.243 e. The molecule has 6 nitrogen and oxygen atoms in total. The third kappa shape index (κ3) is 2.37. The van der Waals surface area contributed by atoms with E-state index in [-0.39, 0.29) is 23.7 Å². The van der Waals surface area contributed by atoms with Crippen LogP contribution in [0.5, 0.6) is 0 Å². The molecule has 3 saturated heterocycles. The number of imide groups is 1. The van der Waals surface area contributed by atoms with Crippen molar-refractivity contribution < 1.29 is 14.0 Å². The summed E-state index contributed by atoms with van der Waals surface area (Å²) in [5.74, 6) is -0.610. The molecule has 7 heteroatoms. The number of hydrogen-bond donors (Lipinski definition) is 2. The Balaban J connectivity index is 1.33. The van der Waals surface area contributed by atoms with Crippen LogP contribution in [0, 0.1) is 11.2 Å². The third-order valence-corrected chi connectivity index (χ3v) is 6.06. The van der Waals surface area contributed by atoms with Gasteiger partial charge in [-0.15, -0.1) is 0 Å². The highest BCUT2D eigenvalue weighted by Gasteiger charge is 2.48. The molecule has 132 valence electrons. The first-order valence-corrected chi connectivity index (χ1v) is 8.88. The van der Waals surface area contributed by atoms with Gasteiger partial charge in [-0.2, -0.15) is 0 Å². The molecule has 0 saturated carbocycles. The zero-order valence-corrected chi connectivity index (χ0v) is 14.0. The minimum absolute atomic E-state index is 0.175. The first-order valence-electron chi connectivity index (χ1n) is 8.88. The number of hydrogen-bond acceptors (Lipinski definition) is 5. The Hall–Kier alpha value is -1.99. The summed E-state index contributed by atoms with van der Waals surface area (Å²) in [6.07, 6.45) is 0.905. The van der Waals surface area contributed by atoms with E-state index in [0.717, 1.165) is 37.3 Å². The summed E-state index contributed by atoms with van der Waals surface area (Å²) >= 11 is 0. The van der Waals surface area contributed by atoms with Crippen LogP contribution in [-0.4, -0.2) is 48.9 Å². The van der Waals surface area contributed by atoms with E-state index in [4.69, 9.17) is 0 Å². The van der Waals surface area contributed by atoms with Gasteiger partial charge in [-0.05, 0) is 29.7 Å². The predicted molar refractivity (Wildman–Crippen MR) is 89.3 cm³/mol. The molecule has 0 bridgehead atoms. The van der Waals surface area contributed by atoms with E-state index >= 15 is 0 Å². The zero-order chi connectivity index (χ0) is 17.2. The fourth-order valence-corrected chi connectivity index (χ4v) is 4.56. The molecular formula is C18H21FN4O2. The second-order valence-electron chi connectivity index (χ2n) is 7.90. The third-order valence-electron chi connectivity index (χ3n) is 6.06. The number of halogens is 1. The van der Waals surface area contributed by atoms with E-state index in [9.17, 15) is 14.0 Å². The molecule has 3 fully saturated rings. The van der Waals surface area contributed by atoms with Gasteiger partial charge in [0.2, 0.25) is 11.8 Å². The number of piperidine rings is 1. The Morgan fingerprint density at radius 2 is 1.84 bits per heavy atom. The molecule has 4 aliphatic rings. The molecule has 0 aliphatic carbocycles. The lowest BCUT2D eigenvalue weighted by Crippen LogP contribution is -2.71. The molecular weight excluding hydrogens is 323 g/mol. The second kappa shape index (κ2) is 5.25. The molecule has 2 N–H and O–H groups in total. The Labute approximate surface area is 145 Å². The van der Waals surface area contributed by atoms with Gasteiger partial charge in [-0.25, -0.2) is 4.39 Å². The number of benzene rings is 1. The van der Waals surface area contributed by atoms with Gasteiger partial charge in [0.15, 0.2) is 0 Å². The molecule has 1 aromatic rings. The topological polar surface area (TPSA) is 64.7 Å². The Morgan fingerprint density at radius 3 is 2.48 bits per heavy atom. The smallest absolute Gasteiger partial charge is 0.243 e. The Bertz CT molecular complexity index is 769. The molecule has 4 aliphatic heterocycles. The lowest BCUT2D eigenvalue weighted by atomic mass is 9.74. The minimum atomic E-state index is -0.301. The number of carbonyl (C=O) groups is 2. The molecule has 4 heterocycles. The van der Waals surface area contributed by atoms with Crippen LogP contribution in [-0.2, 0) is 22.7 Å².